The van der Waals surface area contributed by atoms with Crippen LogP contribution >= 0.6 is 11.6 Å². The van der Waals surface area contributed by atoms with Crippen LogP contribution in [0.4, 0.5) is 21.8 Å². The molecule has 0 spiro atoms. The zero-order chi connectivity index (χ0) is 21.4. The molecule has 158 valence electrons. The van der Waals surface area contributed by atoms with Crippen molar-refractivity contribution in [3.63, 3.8) is 0 Å². The Bertz CT molecular complexity index is 1220. The molecule has 7 nitrogen and oxygen atoms in total. The van der Waals surface area contributed by atoms with E-state index in [4.69, 9.17) is 16.0 Å². The summed E-state index contributed by atoms with van der Waals surface area (Å²) in [5, 5.41) is 3.56. The maximum absolute atomic E-state index is 14.3. The van der Waals surface area contributed by atoms with Gasteiger partial charge in [-0.05, 0) is 43.4 Å². The number of nitrogens with zero attached hydrogens (tertiary/aromatic N) is 5. The first-order valence-corrected chi connectivity index (χ1v) is 10.4. The predicted octanol–water partition coefficient (Wildman–Crippen LogP) is 5.24. The zero-order valence-electron chi connectivity index (χ0n) is 16.8. The number of piperidine rings is 1. The lowest BCUT2D eigenvalue weighted by Gasteiger charge is -2.31. The summed E-state index contributed by atoms with van der Waals surface area (Å²) in [6, 6.07) is 5.01. The summed E-state index contributed by atoms with van der Waals surface area (Å²) in [6.45, 7) is 3.49. The number of rotatable bonds is 4. The monoisotopic (exact) mass is 438 g/mol. The molecule has 0 unspecified atom stereocenters. The molecule has 1 N–H and O–H groups in total. The molecule has 1 aliphatic rings. The van der Waals surface area contributed by atoms with Crippen molar-refractivity contribution in [1.82, 2.24) is 19.9 Å². The van der Waals surface area contributed by atoms with Gasteiger partial charge in [0.1, 0.15) is 17.7 Å². The van der Waals surface area contributed by atoms with E-state index in [9.17, 15) is 4.39 Å². The van der Waals surface area contributed by atoms with E-state index in [0.717, 1.165) is 42.6 Å². The van der Waals surface area contributed by atoms with E-state index in [1.807, 2.05) is 13.0 Å². The first-order chi connectivity index (χ1) is 15.1. The number of hydrogen-bond donors (Lipinski definition) is 1. The van der Waals surface area contributed by atoms with Gasteiger partial charge in [-0.25, -0.2) is 24.3 Å². The van der Waals surface area contributed by atoms with Crippen LogP contribution in [0.5, 0.6) is 0 Å². The molecule has 5 rings (SSSR count). The molecule has 0 bridgehead atoms. The second kappa shape index (κ2) is 8.11. The Hall–Kier alpha value is -3.26. The second-order valence-electron chi connectivity index (χ2n) is 7.66. The highest BCUT2D eigenvalue weighted by Gasteiger charge is 2.26. The lowest BCUT2D eigenvalue weighted by atomic mass is 9.90. The fraction of sp³-hybridized carbons (Fsp3) is 0.273. The number of hydrogen-bond acceptors (Lipinski definition) is 7. The Labute approximate surface area is 183 Å². The molecule has 0 amide bonds. The second-order valence-corrected chi connectivity index (χ2v) is 8.10. The summed E-state index contributed by atoms with van der Waals surface area (Å²) in [7, 11) is 0. The smallest absolute Gasteiger partial charge is 0.225 e. The highest BCUT2D eigenvalue weighted by atomic mass is 35.5. The molecule has 0 atom stereocenters. The molecular formula is C22H20ClFN6O. The Morgan fingerprint density at radius 2 is 1.90 bits per heavy atom. The SMILES string of the molecule is Cc1ccc(Nc2ncnc3c(C4CCN(c5ncc(Cl)cn5)CC4)coc23)c(F)c1. The number of fused-ring (bicyclic) bond motifs is 1. The largest absolute Gasteiger partial charge is 0.458 e. The van der Waals surface area contributed by atoms with Crippen LogP contribution in [0.25, 0.3) is 11.1 Å². The first-order valence-electron chi connectivity index (χ1n) is 10.1. The Balaban J connectivity index is 1.36. The van der Waals surface area contributed by atoms with Crippen LogP contribution in [-0.2, 0) is 0 Å². The van der Waals surface area contributed by atoms with Gasteiger partial charge in [0.05, 0.1) is 29.4 Å². The maximum atomic E-state index is 14.3. The molecule has 1 saturated heterocycles. The highest BCUT2D eigenvalue weighted by Crippen LogP contribution is 2.36. The maximum Gasteiger partial charge on any atom is 0.225 e. The van der Waals surface area contributed by atoms with Gasteiger partial charge in [0.15, 0.2) is 11.4 Å². The number of nitrogens with one attached hydrogen (secondary N) is 1. The van der Waals surface area contributed by atoms with Gasteiger partial charge in [-0.2, -0.15) is 0 Å². The van der Waals surface area contributed by atoms with Crippen LogP contribution in [0.2, 0.25) is 5.02 Å². The number of anilines is 3. The average molecular weight is 439 g/mol. The van der Waals surface area contributed by atoms with Crippen molar-refractivity contribution in [3.8, 4) is 0 Å². The van der Waals surface area contributed by atoms with Crippen molar-refractivity contribution < 1.29 is 8.81 Å². The quantitative estimate of drug-likeness (QED) is 0.466. The fourth-order valence-corrected chi connectivity index (χ4v) is 4.05. The van der Waals surface area contributed by atoms with E-state index in [0.29, 0.717) is 34.0 Å². The Morgan fingerprint density at radius 1 is 1.13 bits per heavy atom. The normalized spacial score (nSPS) is 14.9. The van der Waals surface area contributed by atoms with Crippen LogP contribution in [0.3, 0.4) is 0 Å². The molecule has 0 radical (unpaired) electrons. The van der Waals surface area contributed by atoms with Gasteiger partial charge in [0, 0.05) is 18.7 Å². The molecule has 0 saturated carbocycles. The fourth-order valence-electron chi connectivity index (χ4n) is 3.96. The van der Waals surface area contributed by atoms with Gasteiger partial charge in [0.25, 0.3) is 0 Å². The predicted molar refractivity (Wildman–Crippen MR) is 117 cm³/mol. The first kappa shape index (κ1) is 19.7. The van der Waals surface area contributed by atoms with Gasteiger partial charge in [-0.3, -0.25) is 0 Å². The summed E-state index contributed by atoms with van der Waals surface area (Å²) in [6.07, 6.45) is 8.28. The van der Waals surface area contributed by atoms with Gasteiger partial charge in [-0.15, -0.1) is 0 Å². The minimum absolute atomic E-state index is 0.295. The molecular weight excluding hydrogens is 419 g/mol. The van der Waals surface area contributed by atoms with Crippen LogP contribution in [-0.4, -0.2) is 33.0 Å². The van der Waals surface area contributed by atoms with E-state index in [-0.39, 0.29) is 5.82 Å². The van der Waals surface area contributed by atoms with Crippen LogP contribution in [0.1, 0.15) is 29.9 Å². The minimum Gasteiger partial charge on any atom is -0.458 e. The lowest BCUT2D eigenvalue weighted by Crippen LogP contribution is -2.34. The Morgan fingerprint density at radius 3 is 2.65 bits per heavy atom. The molecule has 4 heterocycles. The summed E-state index contributed by atoms with van der Waals surface area (Å²) in [5.41, 5.74) is 3.53. The molecule has 4 aromatic rings. The van der Waals surface area contributed by atoms with Gasteiger partial charge < -0.3 is 14.6 Å². The van der Waals surface area contributed by atoms with Gasteiger partial charge in [0.2, 0.25) is 5.95 Å². The van der Waals surface area contributed by atoms with Crippen molar-refractivity contribution in [2.24, 2.45) is 0 Å². The van der Waals surface area contributed by atoms with E-state index in [1.54, 1.807) is 24.7 Å². The summed E-state index contributed by atoms with van der Waals surface area (Å²) in [4.78, 5) is 19.5. The highest BCUT2D eigenvalue weighted by molar-refractivity contribution is 6.30. The van der Waals surface area contributed by atoms with Crippen molar-refractivity contribution in [2.45, 2.75) is 25.7 Å². The molecule has 3 aromatic heterocycles. The molecule has 31 heavy (non-hydrogen) atoms. The zero-order valence-corrected chi connectivity index (χ0v) is 17.6. The van der Waals surface area contributed by atoms with E-state index in [2.05, 4.69) is 30.2 Å². The molecule has 1 aromatic carbocycles. The van der Waals surface area contributed by atoms with Gasteiger partial charge >= 0.3 is 0 Å². The van der Waals surface area contributed by atoms with E-state index in [1.165, 1.54) is 12.4 Å². The van der Waals surface area contributed by atoms with E-state index >= 15 is 0 Å². The summed E-state index contributed by atoms with van der Waals surface area (Å²) >= 11 is 5.88. The number of benzene rings is 1. The van der Waals surface area contributed by atoms with Crippen LogP contribution < -0.4 is 10.2 Å². The van der Waals surface area contributed by atoms with Gasteiger partial charge in [-0.1, -0.05) is 17.7 Å². The lowest BCUT2D eigenvalue weighted by molar-refractivity contribution is 0.493. The third kappa shape index (κ3) is 3.90. The van der Waals surface area contributed by atoms with Crippen molar-refractivity contribution in [1.29, 1.82) is 0 Å². The summed E-state index contributed by atoms with van der Waals surface area (Å²) < 4.78 is 20.1. The third-order valence-electron chi connectivity index (χ3n) is 5.58. The standard InChI is InChI=1S/C22H20ClFN6O/c1-13-2-3-18(17(24)8-13)29-21-20-19(27-12-28-21)16(11-31-20)14-4-6-30(7-5-14)22-25-9-15(23)10-26-22/h2-3,8-12,14H,4-7H2,1H3,(H,27,28,29). The topological polar surface area (TPSA) is 80.0 Å². The minimum atomic E-state index is -0.338. The molecule has 1 fully saturated rings. The number of furan rings is 1. The number of aromatic nitrogens is 4. The molecule has 0 aliphatic carbocycles. The number of halogens is 2. The van der Waals surface area contributed by atoms with E-state index < -0.39 is 0 Å². The average Bonchev–Trinajstić information content (AvgIpc) is 3.21. The van der Waals surface area contributed by atoms with Crippen LogP contribution in [0, 0.1) is 12.7 Å². The number of aryl methyl sites for hydroxylation is 1. The summed E-state index contributed by atoms with van der Waals surface area (Å²) in [5.74, 6) is 1.10. The van der Waals surface area contributed by atoms with Crippen molar-refractivity contribution >= 4 is 40.2 Å². The third-order valence-corrected chi connectivity index (χ3v) is 5.78. The van der Waals surface area contributed by atoms with Crippen molar-refractivity contribution in [3.05, 3.63) is 65.2 Å². The molecule has 9 heteroatoms. The van der Waals surface area contributed by atoms with Crippen LogP contribution in [0.15, 0.2) is 47.6 Å². The van der Waals surface area contributed by atoms with Crippen molar-refractivity contribution in [2.75, 3.05) is 23.3 Å². The molecule has 1 aliphatic heterocycles. The Kier molecular flexibility index (Phi) is 5.15.